The Balaban J connectivity index is 2.57. The van der Waals surface area contributed by atoms with Crippen LogP contribution in [0.5, 0.6) is 0 Å². The SMILES string of the molecule is CCCN(CCN(C)C)S(=O)(=O)CC1CCCN1. The van der Waals surface area contributed by atoms with Gasteiger partial charge in [0.1, 0.15) is 0 Å². The molecule has 1 aliphatic heterocycles. The molecule has 0 radical (unpaired) electrons. The standard InChI is InChI=1S/C12H27N3O2S/c1-4-8-15(10-9-14(2)3)18(16,17)11-12-6-5-7-13-12/h12-13H,4-11H2,1-3H3. The van der Waals surface area contributed by atoms with Gasteiger partial charge in [0.25, 0.3) is 0 Å². The minimum absolute atomic E-state index is 0.147. The Hall–Kier alpha value is -0.170. The molecule has 0 aromatic heterocycles. The van der Waals surface area contributed by atoms with Crippen LogP contribution in [0.25, 0.3) is 0 Å². The van der Waals surface area contributed by atoms with Crippen LogP contribution < -0.4 is 5.32 Å². The van der Waals surface area contributed by atoms with Crippen molar-refractivity contribution in [2.45, 2.75) is 32.2 Å². The van der Waals surface area contributed by atoms with E-state index in [0.29, 0.717) is 13.1 Å². The van der Waals surface area contributed by atoms with Gasteiger partial charge in [0.15, 0.2) is 0 Å². The van der Waals surface area contributed by atoms with E-state index in [1.54, 1.807) is 4.31 Å². The molecule has 1 N–H and O–H groups in total. The van der Waals surface area contributed by atoms with E-state index >= 15 is 0 Å². The molecule has 0 spiro atoms. The zero-order valence-corrected chi connectivity index (χ0v) is 12.7. The lowest BCUT2D eigenvalue weighted by Crippen LogP contribution is -2.42. The van der Waals surface area contributed by atoms with E-state index in [2.05, 4.69) is 5.32 Å². The van der Waals surface area contributed by atoms with Gasteiger partial charge < -0.3 is 10.2 Å². The number of sulfonamides is 1. The van der Waals surface area contributed by atoms with Crippen LogP contribution in [0.3, 0.4) is 0 Å². The summed E-state index contributed by atoms with van der Waals surface area (Å²) < 4.78 is 26.4. The van der Waals surface area contributed by atoms with Crippen molar-refractivity contribution in [1.82, 2.24) is 14.5 Å². The lowest BCUT2D eigenvalue weighted by Gasteiger charge is -2.24. The molecule has 1 saturated heterocycles. The first-order valence-electron chi connectivity index (χ1n) is 6.81. The molecule has 0 saturated carbocycles. The van der Waals surface area contributed by atoms with E-state index in [9.17, 15) is 8.42 Å². The summed E-state index contributed by atoms with van der Waals surface area (Å²) in [5.74, 6) is 0.250. The number of rotatable bonds is 8. The highest BCUT2D eigenvalue weighted by atomic mass is 32.2. The molecule has 5 nitrogen and oxygen atoms in total. The molecule has 1 atom stereocenters. The van der Waals surface area contributed by atoms with Gasteiger partial charge in [0.2, 0.25) is 10.0 Å². The number of hydrogen-bond donors (Lipinski definition) is 1. The largest absolute Gasteiger partial charge is 0.313 e. The first-order valence-corrected chi connectivity index (χ1v) is 8.42. The summed E-state index contributed by atoms with van der Waals surface area (Å²) in [7, 11) is 0.816. The van der Waals surface area contributed by atoms with E-state index in [4.69, 9.17) is 0 Å². The molecule has 6 heteroatoms. The third kappa shape index (κ3) is 5.22. The zero-order valence-electron chi connectivity index (χ0n) is 11.9. The first kappa shape index (κ1) is 15.9. The van der Waals surface area contributed by atoms with Gasteiger partial charge in [-0.15, -0.1) is 0 Å². The monoisotopic (exact) mass is 277 g/mol. The molecule has 1 unspecified atom stereocenters. The van der Waals surface area contributed by atoms with Crippen molar-refractivity contribution in [2.75, 3.05) is 46.0 Å². The van der Waals surface area contributed by atoms with Crippen LogP contribution >= 0.6 is 0 Å². The third-order valence-electron chi connectivity index (χ3n) is 3.24. The second-order valence-electron chi connectivity index (χ2n) is 5.27. The molecule has 1 rings (SSSR count). The molecule has 108 valence electrons. The summed E-state index contributed by atoms with van der Waals surface area (Å²) in [4.78, 5) is 2.02. The number of nitrogens with zero attached hydrogens (tertiary/aromatic N) is 2. The summed E-state index contributed by atoms with van der Waals surface area (Å²) in [6.45, 7) is 4.97. The van der Waals surface area contributed by atoms with Gasteiger partial charge in [0.05, 0.1) is 5.75 Å². The minimum atomic E-state index is -3.12. The topological polar surface area (TPSA) is 52.7 Å². The second kappa shape index (κ2) is 7.43. The van der Waals surface area contributed by atoms with Gasteiger partial charge in [-0.3, -0.25) is 0 Å². The molecule has 1 fully saturated rings. The zero-order chi connectivity index (χ0) is 13.6. The quantitative estimate of drug-likeness (QED) is 0.695. The summed E-state index contributed by atoms with van der Waals surface area (Å²) in [6, 6.07) is 0.147. The lowest BCUT2D eigenvalue weighted by atomic mass is 10.3. The van der Waals surface area contributed by atoms with Crippen molar-refractivity contribution in [3.05, 3.63) is 0 Å². The van der Waals surface area contributed by atoms with E-state index in [1.165, 1.54) is 0 Å². The normalized spacial score (nSPS) is 21.1. The van der Waals surface area contributed by atoms with Crippen LogP contribution in [-0.4, -0.2) is 69.7 Å². The highest BCUT2D eigenvalue weighted by Crippen LogP contribution is 2.11. The molecule has 1 aliphatic rings. The van der Waals surface area contributed by atoms with Crippen molar-refractivity contribution >= 4 is 10.0 Å². The van der Waals surface area contributed by atoms with E-state index in [0.717, 1.165) is 32.4 Å². The van der Waals surface area contributed by atoms with E-state index < -0.39 is 10.0 Å². The van der Waals surface area contributed by atoms with Crippen molar-refractivity contribution in [3.8, 4) is 0 Å². The number of hydrogen-bond acceptors (Lipinski definition) is 4. The highest BCUT2D eigenvalue weighted by molar-refractivity contribution is 7.89. The van der Waals surface area contributed by atoms with Gasteiger partial charge in [-0.25, -0.2) is 12.7 Å². The fourth-order valence-corrected chi connectivity index (χ4v) is 4.03. The van der Waals surface area contributed by atoms with Gasteiger partial charge in [0, 0.05) is 25.7 Å². The van der Waals surface area contributed by atoms with Crippen LogP contribution in [0.1, 0.15) is 26.2 Å². The van der Waals surface area contributed by atoms with Crippen molar-refractivity contribution in [1.29, 1.82) is 0 Å². The van der Waals surface area contributed by atoms with Crippen molar-refractivity contribution in [2.24, 2.45) is 0 Å². The van der Waals surface area contributed by atoms with Crippen molar-refractivity contribution in [3.63, 3.8) is 0 Å². The molecule has 0 aromatic carbocycles. The third-order valence-corrected chi connectivity index (χ3v) is 5.21. The minimum Gasteiger partial charge on any atom is -0.313 e. The molecule has 0 aromatic rings. The maximum absolute atomic E-state index is 12.4. The Morgan fingerprint density at radius 1 is 1.22 bits per heavy atom. The predicted molar refractivity (Wildman–Crippen MR) is 75.2 cm³/mol. The molecular weight excluding hydrogens is 250 g/mol. The maximum Gasteiger partial charge on any atom is 0.215 e. The van der Waals surface area contributed by atoms with E-state index in [1.807, 2.05) is 25.9 Å². The summed E-state index contributed by atoms with van der Waals surface area (Å²) in [5, 5.41) is 3.26. The Labute approximate surface area is 112 Å². The Morgan fingerprint density at radius 2 is 1.94 bits per heavy atom. The fraction of sp³-hybridized carbons (Fsp3) is 1.00. The average Bonchev–Trinajstić information content (AvgIpc) is 2.75. The smallest absolute Gasteiger partial charge is 0.215 e. The molecule has 0 bridgehead atoms. The van der Waals surface area contributed by atoms with Crippen LogP contribution in [-0.2, 0) is 10.0 Å². The average molecular weight is 277 g/mol. The van der Waals surface area contributed by atoms with Crippen molar-refractivity contribution < 1.29 is 8.42 Å². The molecule has 0 amide bonds. The molecular formula is C12H27N3O2S. The molecule has 18 heavy (non-hydrogen) atoms. The van der Waals surface area contributed by atoms with Gasteiger partial charge in [-0.05, 0) is 39.9 Å². The van der Waals surface area contributed by atoms with Gasteiger partial charge >= 0.3 is 0 Å². The Kier molecular flexibility index (Phi) is 6.55. The molecule has 0 aliphatic carbocycles. The maximum atomic E-state index is 12.4. The predicted octanol–water partition coefficient (Wildman–Crippen LogP) is 0.342. The van der Waals surface area contributed by atoms with Gasteiger partial charge in [-0.1, -0.05) is 6.92 Å². The Bertz CT molecular complexity index is 324. The summed E-state index contributed by atoms with van der Waals surface area (Å²) in [6.07, 6.45) is 2.93. The number of nitrogens with one attached hydrogen (secondary N) is 1. The summed E-state index contributed by atoms with van der Waals surface area (Å²) >= 11 is 0. The van der Waals surface area contributed by atoms with Crippen LogP contribution in [0.4, 0.5) is 0 Å². The molecule has 1 heterocycles. The number of likely N-dealkylation sites (N-methyl/N-ethyl adjacent to an activating group) is 1. The van der Waals surface area contributed by atoms with Gasteiger partial charge in [-0.2, -0.15) is 0 Å². The second-order valence-corrected chi connectivity index (χ2v) is 7.29. The van der Waals surface area contributed by atoms with E-state index in [-0.39, 0.29) is 11.8 Å². The Morgan fingerprint density at radius 3 is 2.44 bits per heavy atom. The lowest BCUT2D eigenvalue weighted by molar-refractivity contribution is 0.332. The van der Waals surface area contributed by atoms with Crippen LogP contribution in [0, 0.1) is 0 Å². The highest BCUT2D eigenvalue weighted by Gasteiger charge is 2.27. The fourth-order valence-electron chi connectivity index (χ4n) is 2.21. The van der Waals surface area contributed by atoms with Crippen LogP contribution in [0.2, 0.25) is 0 Å². The first-order chi connectivity index (χ1) is 8.45. The summed E-state index contributed by atoms with van der Waals surface area (Å²) in [5.41, 5.74) is 0. The van der Waals surface area contributed by atoms with Crippen LogP contribution in [0.15, 0.2) is 0 Å².